The highest BCUT2D eigenvalue weighted by Crippen LogP contribution is 2.28. The van der Waals surface area contributed by atoms with Gasteiger partial charge in [-0.25, -0.2) is 9.78 Å². The summed E-state index contributed by atoms with van der Waals surface area (Å²) >= 11 is 9.58. The second kappa shape index (κ2) is 4.92. The Morgan fingerprint density at radius 2 is 2.10 bits per heavy atom. The van der Waals surface area contributed by atoms with Gasteiger partial charge in [0.05, 0.1) is 21.8 Å². The van der Waals surface area contributed by atoms with E-state index < -0.39 is 5.97 Å². The van der Waals surface area contributed by atoms with Crippen LogP contribution in [0.15, 0.2) is 47.2 Å². The van der Waals surface area contributed by atoms with Crippen LogP contribution in [0.5, 0.6) is 0 Å². The van der Waals surface area contributed by atoms with Gasteiger partial charge in [0.2, 0.25) is 0 Å². The van der Waals surface area contributed by atoms with Crippen LogP contribution >= 0.6 is 27.5 Å². The molecular formula is C14H8BrClN2O2. The third-order valence-corrected chi connectivity index (χ3v) is 3.77. The fourth-order valence-corrected chi connectivity index (χ4v) is 2.84. The number of hydrogen-bond donors (Lipinski definition) is 1. The normalized spacial score (nSPS) is 10.9. The van der Waals surface area contributed by atoms with Crippen molar-refractivity contribution in [3.63, 3.8) is 0 Å². The number of aromatic nitrogens is 2. The molecule has 0 aliphatic carbocycles. The van der Waals surface area contributed by atoms with Gasteiger partial charge < -0.3 is 5.11 Å². The molecule has 0 fully saturated rings. The van der Waals surface area contributed by atoms with Gasteiger partial charge in [0.25, 0.3) is 0 Å². The summed E-state index contributed by atoms with van der Waals surface area (Å²) < 4.78 is 2.65. The lowest BCUT2D eigenvalue weighted by Crippen LogP contribution is -1.98. The first-order chi connectivity index (χ1) is 9.58. The third kappa shape index (κ3) is 2.09. The first kappa shape index (κ1) is 13.1. The van der Waals surface area contributed by atoms with Gasteiger partial charge in [0, 0.05) is 4.47 Å². The van der Waals surface area contributed by atoms with Gasteiger partial charge in [-0.15, -0.1) is 0 Å². The highest BCUT2D eigenvalue weighted by atomic mass is 79.9. The molecule has 1 heterocycles. The van der Waals surface area contributed by atoms with Crippen LogP contribution < -0.4 is 0 Å². The van der Waals surface area contributed by atoms with Gasteiger partial charge in [-0.2, -0.15) is 0 Å². The molecule has 0 aliphatic rings. The summed E-state index contributed by atoms with van der Waals surface area (Å²) in [5.74, 6) is -0.997. The molecule has 0 radical (unpaired) electrons. The van der Waals surface area contributed by atoms with Crippen LogP contribution in [0.1, 0.15) is 10.4 Å². The van der Waals surface area contributed by atoms with Crippen molar-refractivity contribution in [2.45, 2.75) is 0 Å². The van der Waals surface area contributed by atoms with E-state index in [1.54, 1.807) is 23.0 Å². The van der Waals surface area contributed by atoms with Crippen molar-refractivity contribution in [1.82, 2.24) is 9.55 Å². The number of carboxylic acid groups (broad SMARTS) is 1. The quantitative estimate of drug-likeness (QED) is 0.755. The Morgan fingerprint density at radius 1 is 1.30 bits per heavy atom. The largest absolute Gasteiger partial charge is 0.478 e. The van der Waals surface area contributed by atoms with E-state index in [1.165, 1.54) is 6.07 Å². The van der Waals surface area contributed by atoms with E-state index >= 15 is 0 Å². The Bertz CT molecular complexity index is 829. The van der Waals surface area contributed by atoms with E-state index in [0.29, 0.717) is 16.1 Å². The zero-order valence-corrected chi connectivity index (χ0v) is 12.4. The molecule has 0 atom stereocenters. The minimum absolute atomic E-state index is 0.175. The minimum Gasteiger partial charge on any atom is -0.478 e. The number of nitrogens with zero attached hydrogens (tertiary/aromatic N) is 2. The zero-order valence-electron chi connectivity index (χ0n) is 10.0. The maximum atomic E-state index is 11.2. The molecule has 0 unspecified atom stereocenters. The first-order valence-electron chi connectivity index (χ1n) is 5.72. The zero-order chi connectivity index (χ0) is 14.3. The molecule has 4 nitrogen and oxygen atoms in total. The molecule has 0 aliphatic heterocycles. The number of imidazole rings is 1. The highest BCUT2D eigenvalue weighted by Gasteiger charge is 2.14. The summed E-state index contributed by atoms with van der Waals surface area (Å²) in [6.45, 7) is 0. The van der Waals surface area contributed by atoms with Crippen LogP contribution in [0.25, 0.3) is 16.7 Å². The second-order valence-electron chi connectivity index (χ2n) is 4.19. The molecule has 1 aromatic heterocycles. The molecule has 3 rings (SSSR count). The smallest absolute Gasteiger partial charge is 0.337 e. The molecule has 0 spiro atoms. The number of hydrogen-bond acceptors (Lipinski definition) is 2. The fourth-order valence-electron chi connectivity index (χ4n) is 2.08. The summed E-state index contributed by atoms with van der Waals surface area (Å²) in [6, 6.07) is 10.5. The summed E-state index contributed by atoms with van der Waals surface area (Å²) in [5, 5.41) is 9.73. The predicted molar refractivity (Wildman–Crippen MR) is 80.7 cm³/mol. The molecule has 3 aromatic rings. The molecule has 20 heavy (non-hydrogen) atoms. The lowest BCUT2D eigenvalue weighted by molar-refractivity contribution is 0.0699. The van der Waals surface area contributed by atoms with Crippen LogP contribution in [0, 0.1) is 0 Å². The van der Waals surface area contributed by atoms with Gasteiger partial charge in [-0.3, -0.25) is 4.57 Å². The average molecular weight is 352 g/mol. The van der Waals surface area contributed by atoms with Crippen LogP contribution in [-0.4, -0.2) is 20.6 Å². The molecular weight excluding hydrogens is 344 g/mol. The van der Waals surface area contributed by atoms with Crippen LogP contribution in [0.3, 0.4) is 0 Å². The van der Waals surface area contributed by atoms with Crippen molar-refractivity contribution in [2.24, 2.45) is 0 Å². The number of halogens is 2. The standard InChI is InChI=1S/C14H8BrClN2O2/c15-8-4-5-11(10(16)6-8)18-7-17-13-9(14(19)20)2-1-3-12(13)18/h1-7H,(H,19,20). The maximum Gasteiger partial charge on any atom is 0.337 e. The highest BCUT2D eigenvalue weighted by molar-refractivity contribution is 9.10. The van der Waals surface area contributed by atoms with Gasteiger partial charge in [-0.1, -0.05) is 33.6 Å². The molecule has 100 valence electrons. The van der Waals surface area contributed by atoms with E-state index in [1.807, 2.05) is 18.2 Å². The fraction of sp³-hybridized carbons (Fsp3) is 0. The van der Waals surface area contributed by atoms with Gasteiger partial charge in [0.1, 0.15) is 11.8 Å². The monoisotopic (exact) mass is 350 g/mol. The van der Waals surface area contributed by atoms with Gasteiger partial charge >= 0.3 is 5.97 Å². The van der Waals surface area contributed by atoms with Crippen molar-refractivity contribution in [1.29, 1.82) is 0 Å². The third-order valence-electron chi connectivity index (χ3n) is 2.98. The average Bonchev–Trinajstić information content (AvgIpc) is 2.82. The van der Waals surface area contributed by atoms with Crippen molar-refractivity contribution in [3.05, 3.63) is 57.8 Å². The molecule has 2 aromatic carbocycles. The van der Waals surface area contributed by atoms with Crippen LogP contribution in [0.2, 0.25) is 5.02 Å². The number of rotatable bonds is 2. The van der Waals surface area contributed by atoms with Gasteiger partial charge in [-0.05, 0) is 30.3 Å². The van der Waals surface area contributed by atoms with Crippen LogP contribution in [0.4, 0.5) is 0 Å². The first-order valence-corrected chi connectivity index (χ1v) is 6.90. The van der Waals surface area contributed by atoms with Crippen molar-refractivity contribution in [2.75, 3.05) is 0 Å². The van der Waals surface area contributed by atoms with Crippen molar-refractivity contribution >= 4 is 44.5 Å². The van der Waals surface area contributed by atoms with E-state index in [0.717, 1.165) is 10.2 Å². The molecule has 0 amide bonds. The number of carboxylic acids is 1. The van der Waals surface area contributed by atoms with E-state index in [-0.39, 0.29) is 5.56 Å². The summed E-state index contributed by atoms with van der Waals surface area (Å²) in [6.07, 6.45) is 1.58. The summed E-state index contributed by atoms with van der Waals surface area (Å²) in [4.78, 5) is 15.4. The topological polar surface area (TPSA) is 55.1 Å². The van der Waals surface area contributed by atoms with E-state index in [4.69, 9.17) is 11.6 Å². The maximum absolute atomic E-state index is 11.2. The number of fused-ring (bicyclic) bond motifs is 1. The summed E-state index contributed by atoms with van der Waals surface area (Å²) in [7, 11) is 0. The Labute approximate surface area is 127 Å². The Morgan fingerprint density at radius 3 is 2.80 bits per heavy atom. The Kier molecular flexibility index (Phi) is 3.23. The molecule has 0 bridgehead atoms. The number of carbonyl (C=O) groups is 1. The SMILES string of the molecule is O=C(O)c1cccc2c1ncn2-c1ccc(Br)cc1Cl. The second-order valence-corrected chi connectivity index (χ2v) is 5.51. The van der Waals surface area contributed by atoms with Crippen LogP contribution in [-0.2, 0) is 0 Å². The van der Waals surface area contributed by atoms with E-state index in [2.05, 4.69) is 20.9 Å². The minimum atomic E-state index is -0.997. The van der Waals surface area contributed by atoms with Crippen molar-refractivity contribution in [3.8, 4) is 5.69 Å². The molecule has 1 N–H and O–H groups in total. The molecule has 0 saturated carbocycles. The Balaban J connectivity index is 2.28. The lowest BCUT2D eigenvalue weighted by atomic mass is 10.2. The summed E-state index contributed by atoms with van der Waals surface area (Å²) in [5.41, 5.74) is 2.07. The number of para-hydroxylation sites is 1. The predicted octanol–water partition coefficient (Wildman–Crippen LogP) is 4.14. The number of aromatic carboxylic acids is 1. The Hall–Kier alpha value is -1.85. The van der Waals surface area contributed by atoms with Gasteiger partial charge in [0.15, 0.2) is 0 Å². The van der Waals surface area contributed by atoms with Crippen molar-refractivity contribution < 1.29 is 9.90 Å². The van der Waals surface area contributed by atoms with E-state index in [9.17, 15) is 9.90 Å². The lowest BCUT2D eigenvalue weighted by Gasteiger charge is -2.07. The molecule has 6 heteroatoms. The molecule has 0 saturated heterocycles. The number of benzene rings is 2.